The van der Waals surface area contributed by atoms with E-state index in [0.717, 1.165) is 11.6 Å². The lowest BCUT2D eigenvalue weighted by atomic mass is 10.00. The number of aryl methyl sites for hydroxylation is 3. The molecule has 2 N–H and O–H groups in total. The van der Waals surface area contributed by atoms with Gasteiger partial charge in [-0.2, -0.15) is 0 Å². The van der Waals surface area contributed by atoms with Crippen molar-refractivity contribution in [2.45, 2.75) is 27.3 Å². The molecule has 0 spiro atoms. The van der Waals surface area contributed by atoms with Crippen LogP contribution in [-0.4, -0.2) is 33.6 Å². The highest BCUT2D eigenvalue weighted by molar-refractivity contribution is 6.38. The van der Waals surface area contributed by atoms with Crippen LogP contribution in [0.5, 0.6) is 5.75 Å². The van der Waals surface area contributed by atoms with Gasteiger partial charge in [0.1, 0.15) is 11.5 Å². The molecule has 0 unspecified atom stereocenters. The van der Waals surface area contributed by atoms with Gasteiger partial charge in [0.15, 0.2) is 0 Å². The lowest BCUT2D eigenvalue weighted by Crippen LogP contribution is -2.09. The van der Waals surface area contributed by atoms with Gasteiger partial charge >= 0.3 is 5.97 Å². The van der Waals surface area contributed by atoms with Crippen molar-refractivity contribution in [2.75, 3.05) is 7.11 Å². The Hall–Kier alpha value is -3.54. The highest BCUT2D eigenvalue weighted by atomic mass is 16.5. The van der Waals surface area contributed by atoms with Crippen molar-refractivity contribution in [1.82, 2.24) is 4.57 Å². The number of ketones is 1. The van der Waals surface area contributed by atoms with Gasteiger partial charge < -0.3 is 19.5 Å². The topological polar surface area (TPSA) is 88.8 Å². The summed E-state index contributed by atoms with van der Waals surface area (Å²) in [6.07, 6.45) is 2.45. The van der Waals surface area contributed by atoms with Gasteiger partial charge in [0.2, 0.25) is 0 Å². The number of hydrogen-bond donors (Lipinski definition) is 2. The first kappa shape index (κ1) is 20.2. The van der Waals surface area contributed by atoms with Crippen molar-refractivity contribution < 1.29 is 24.5 Å². The zero-order chi connectivity index (χ0) is 21.3. The Bertz CT molecular complexity index is 1130. The molecule has 6 heteroatoms. The number of nitrogens with zero attached hydrogens (tertiary/aromatic N) is 1. The van der Waals surface area contributed by atoms with Gasteiger partial charge in [-0.05, 0) is 55.7 Å². The number of carboxylic acids is 1. The molecule has 29 heavy (non-hydrogen) atoms. The van der Waals surface area contributed by atoms with Crippen LogP contribution in [0.1, 0.15) is 27.8 Å². The Labute approximate surface area is 168 Å². The predicted molar refractivity (Wildman–Crippen MR) is 111 cm³/mol. The normalized spacial score (nSPS) is 11.7. The number of fused-ring (bicyclic) bond motifs is 1. The number of carboxylic acid groups (broad SMARTS) is 1. The summed E-state index contributed by atoms with van der Waals surface area (Å²) < 4.78 is 7.26. The van der Waals surface area contributed by atoms with Crippen molar-refractivity contribution in [3.05, 3.63) is 70.4 Å². The van der Waals surface area contributed by atoms with Gasteiger partial charge in [-0.1, -0.05) is 17.7 Å². The van der Waals surface area contributed by atoms with E-state index in [-0.39, 0.29) is 0 Å². The van der Waals surface area contributed by atoms with E-state index in [4.69, 9.17) is 9.84 Å². The fourth-order valence-corrected chi connectivity index (χ4v) is 3.63. The van der Waals surface area contributed by atoms with Crippen LogP contribution in [0.25, 0.3) is 16.7 Å². The second-order valence-corrected chi connectivity index (χ2v) is 7.13. The Balaban J connectivity index is 2.17. The van der Waals surface area contributed by atoms with Crippen LogP contribution in [0.4, 0.5) is 0 Å². The zero-order valence-corrected chi connectivity index (χ0v) is 16.8. The van der Waals surface area contributed by atoms with E-state index < -0.39 is 17.5 Å². The molecule has 0 radical (unpaired) electrons. The first-order valence-electron chi connectivity index (χ1n) is 9.13. The molecule has 2 aromatic carbocycles. The molecule has 0 aliphatic heterocycles. The van der Waals surface area contributed by atoms with Gasteiger partial charge in [-0.25, -0.2) is 4.79 Å². The standard InChI is InChI=1S/C23H23NO5/c1-13-7-14(2)18(15(3)8-13)11-24-12-19(21(25)10-22(26)23(27)28)17-9-16(29-4)5-6-20(17)24/h5-10,12,25H,11H2,1-4H3,(H,27,28)/b21-10+. The third-order valence-electron chi connectivity index (χ3n) is 5.01. The number of benzene rings is 2. The average molecular weight is 393 g/mol. The predicted octanol–water partition coefficient (Wildman–Crippen LogP) is 4.18. The highest BCUT2D eigenvalue weighted by Crippen LogP contribution is 2.31. The molecular weight excluding hydrogens is 370 g/mol. The molecule has 3 aromatic rings. The second-order valence-electron chi connectivity index (χ2n) is 7.13. The summed E-state index contributed by atoms with van der Waals surface area (Å²) in [5.41, 5.74) is 5.90. The molecular formula is C23H23NO5. The molecule has 1 heterocycles. The van der Waals surface area contributed by atoms with Gasteiger partial charge in [0.25, 0.3) is 5.78 Å². The van der Waals surface area contributed by atoms with Gasteiger partial charge in [0.05, 0.1) is 7.11 Å². The maximum Gasteiger partial charge on any atom is 0.376 e. The number of aliphatic carboxylic acids is 1. The molecule has 3 rings (SSSR count). The van der Waals surface area contributed by atoms with Crippen molar-refractivity contribution in [1.29, 1.82) is 0 Å². The van der Waals surface area contributed by atoms with Crippen LogP contribution in [0, 0.1) is 20.8 Å². The fraction of sp³-hybridized carbons (Fsp3) is 0.217. The highest BCUT2D eigenvalue weighted by Gasteiger charge is 2.17. The average Bonchev–Trinajstić information content (AvgIpc) is 3.02. The van der Waals surface area contributed by atoms with E-state index in [1.165, 1.54) is 22.3 Å². The van der Waals surface area contributed by atoms with Gasteiger partial charge in [0, 0.05) is 35.3 Å². The summed E-state index contributed by atoms with van der Waals surface area (Å²) in [7, 11) is 1.54. The van der Waals surface area contributed by atoms with Crippen molar-refractivity contribution >= 4 is 28.4 Å². The zero-order valence-electron chi connectivity index (χ0n) is 16.8. The first-order chi connectivity index (χ1) is 13.7. The minimum absolute atomic E-state index is 0.371. The quantitative estimate of drug-likeness (QED) is 0.373. The molecule has 0 aliphatic rings. The number of carbonyl (C=O) groups is 2. The molecule has 150 valence electrons. The maximum atomic E-state index is 11.5. The molecule has 0 aliphatic carbocycles. The number of ether oxygens (including phenoxy) is 1. The molecule has 6 nitrogen and oxygen atoms in total. The molecule has 1 aromatic heterocycles. The monoisotopic (exact) mass is 393 g/mol. The van der Waals surface area contributed by atoms with E-state index in [2.05, 4.69) is 32.9 Å². The summed E-state index contributed by atoms with van der Waals surface area (Å²) in [6, 6.07) is 9.70. The fourth-order valence-electron chi connectivity index (χ4n) is 3.63. The molecule has 0 bridgehead atoms. The third kappa shape index (κ3) is 4.01. The smallest absolute Gasteiger partial charge is 0.376 e. The Morgan fingerprint density at radius 1 is 1.07 bits per heavy atom. The summed E-state index contributed by atoms with van der Waals surface area (Å²) in [5.74, 6) is -2.61. The van der Waals surface area contributed by atoms with Crippen LogP contribution in [0.15, 0.2) is 42.6 Å². The number of hydrogen-bond acceptors (Lipinski definition) is 4. The van der Waals surface area contributed by atoms with E-state index in [0.29, 0.717) is 23.2 Å². The second kappa shape index (κ2) is 7.83. The van der Waals surface area contributed by atoms with Crippen LogP contribution < -0.4 is 4.74 Å². The summed E-state index contributed by atoms with van der Waals surface area (Å²) in [5, 5.41) is 19.9. The summed E-state index contributed by atoms with van der Waals surface area (Å²) >= 11 is 0. The molecule has 0 atom stereocenters. The largest absolute Gasteiger partial charge is 0.507 e. The number of rotatable bonds is 6. The molecule has 0 saturated carbocycles. The lowest BCUT2D eigenvalue weighted by molar-refractivity contribution is -0.146. The Morgan fingerprint density at radius 2 is 1.72 bits per heavy atom. The van der Waals surface area contributed by atoms with Gasteiger partial charge in [-0.3, -0.25) is 4.79 Å². The first-order valence-corrected chi connectivity index (χ1v) is 9.13. The van der Waals surface area contributed by atoms with E-state index in [1.54, 1.807) is 19.4 Å². The minimum atomic E-state index is -1.62. The van der Waals surface area contributed by atoms with Crippen LogP contribution in [0.2, 0.25) is 0 Å². The van der Waals surface area contributed by atoms with E-state index in [1.807, 2.05) is 16.7 Å². The number of carbonyl (C=O) groups excluding carboxylic acids is 1. The molecule has 0 amide bonds. The maximum absolute atomic E-state index is 11.5. The summed E-state index contributed by atoms with van der Waals surface area (Å²) in [6.45, 7) is 6.75. The Kier molecular flexibility index (Phi) is 5.46. The number of aliphatic hydroxyl groups excluding tert-OH is 1. The molecule has 0 fully saturated rings. The number of methoxy groups -OCH3 is 1. The van der Waals surface area contributed by atoms with Crippen LogP contribution in [0.3, 0.4) is 0 Å². The van der Waals surface area contributed by atoms with Crippen molar-refractivity contribution in [3.63, 3.8) is 0 Å². The lowest BCUT2D eigenvalue weighted by Gasteiger charge is -2.13. The van der Waals surface area contributed by atoms with Crippen LogP contribution in [-0.2, 0) is 16.1 Å². The van der Waals surface area contributed by atoms with Crippen LogP contribution >= 0.6 is 0 Å². The van der Waals surface area contributed by atoms with E-state index in [9.17, 15) is 14.7 Å². The summed E-state index contributed by atoms with van der Waals surface area (Å²) in [4.78, 5) is 22.4. The number of aromatic nitrogens is 1. The van der Waals surface area contributed by atoms with E-state index >= 15 is 0 Å². The SMILES string of the molecule is COc1ccc2c(c1)c(/C(O)=C\C(=O)C(=O)O)cn2Cc1c(C)cc(C)cc1C. The Morgan fingerprint density at radius 3 is 2.31 bits per heavy atom. The van der Waals surface area contributed by atoms with Crippen molar-refractivity contribution in [3.8, 4) is 5.75 Å². The number of aliphatic hydroxyl groups is 1. The third-order valence-corrected chi connectivity index (χ3v) is 5.01. The molecule has 0 saturated heterocycles. The minimum Gasteiger partial charge on any atom is -0.507 e. The van der Waals surface area contributed by atoms with Crippen molar-refractivity contribution in [2.24, 2.45) is 0 Å². The van der Waals surface area contributed by atoms with Gasteiger partial charge in [-0.15, -0.1) is 0 Å².